The minimum absolute atomic E-state index is 0.0526. The van der Waals surface area contributed by atoms with Gasteiger partial charge in [-0.3, -0.25) is 14.4 Å². The molecule has 5 rings (SSSR count). The Morgan fingerprint density at radius 1 is 1.07 bits per heavy atom. The predicted octanol–water partition coefficient (Wildman–Crippen LogP) is 3.33. The predicted molar refractivity (Wildman–Crippen MR) is 131 cm³/mol. The lowest BCUT2D eigenvalue weighted by Gasteiger charge is -2.31. The summed E-state index contributed by atoms with van der Waals surface area (Å²) in [6, 6.07) is 2.16. The summed E-state index contributed by atoms with van der Waals surface area (Å²) in [6.45, 7) is 0. The van der Waals surface area contributed by atoms with Gasteiger partial charge in [-0.1, -0.05) is 17.9 Å². The molecule has 2 aromatic rings. The molecule has 0 unspecified atom stereocenters. The molecule has 1 heterocycles. The first-order valence-corrected chi connectivity index (χ1v) is 14.1. The molecule has 4 atom stereocenters. The molecular weight excluding hydrogens is 575 g/mol. The number of nitrogens with zero attached hydrogens (tertiary/aromatic N) is 1. The van der Waals surface area contributed by atoms with E-state index in [1.807, 2.05) is 0 Å². The van der Waals surface area contributed by atoms with Gasteiger partial charge in [0.05, 0.1) is 22.4 Å². The fourth-order valence-electron chi connectivity index (χ4n) is 5.14. The van der Waals surface area contributed by atoms with Crippen molar-refractivity contribution in [3.8, 4) is 11.8 Å². The van der Waals surface area contributed by atoms with E-state index in [-0.39, 0.29) is 29.9 Å². The van der Waals surface area contributed by atoms with Crippen LogP contribution in [0.4, 0.5) is 22.0 Å². The van der Waals surface area contributed by atoms with Crippen molar-refractivity contribution < 1.29 is 49.9 Å². The van der Waals surface area contributed by atoms with Gasteiger partial charge in [0.15, 0.2) is 15.6 Å². The molecule has 0 radical (unpaired) electrons. The first-order valence-electron chi connectivity index (χ1n) is 12.4. The van der Waals surface area contributed by atoms with Crippen molar-refractivity contribution in [2.75, 3.05) is 5.75 Å². The summed E-state index contributed by atoms with van der Waals surface area (Å²) < 4.78 is 93.0. The maximum absolute atomic E-state index is 14.8. The molecule has 0 bridgehead atoms. The van der Waals surface area contributed by atoms with E-state index in [0.29, 0.717) is 18.9 Å². The van der Waals surface area contributed by atoms with Crippen molar-refractivity contribution in [1.82, 2.24) is 10.2 Å². The van der Waals surface area contributed by atoms with Crippen LogP contribution in [0.3, 0.4) is 0 Å². The number of rotatable bonds is 8. The Bertz CT molecular complexity index is 1630. The van der Waals surface area contributed by atoms with Gasteiger partial charge < -0.3 is 15.3 Å². The van der Waals surface area contributed by atoms with Gasteiger partial charge in [0.2, 0.25) is 5.91 Å². The van der Waals surface area contributed by atoms with Crippen LogP contribution in [0.15, 0.2) is 41.3 Å². The highest BCUT2D eigenvalue weighted by molar-refractivity contribution is 7.92. The minimum atomic E-state index is -5.12. The van der Waals surface area contributed by atoms with E-state index in [0.717, 1.165) is 17.0 Å². The van der Waals surface area contributed by atoms with Crippen LogP contribution in [0.25, 0.3) is 0 Å². The summed E-state index contributed by atoms with van der Waals surface area (Å²) >= 11 is 0. The van der Waals surface area contributed by atoms with Crippen LogP contribution in [-0.4, -0.2) is 54.0 Å². The van der Waals surface area contributed by atoms with E-state index in [1.165, 1.54) is 12.1 Å². The summed E-state index contributed by atoms with van der Waals surface area (Å²) in [4.78, 5) is 38.7. The lowest BCUT2D eigenvalue weighted by Crippen LogP contribution is -2.50. The SMILES string of the molecule is O=C(O)CS(=O)(=O)c1cccc(C(=O)N2[C@@H](C(=O)N[C@@H](c3cc(F)c(C(F)(F)F)cc3F)C3CC3)C[C@H]3C#C[C@H]32)c1. The van der Waals surface area contributed by atoms with Gasteiger partial charge in [0.1, 0.15) is 23.7 Å². The van der Waals surface area contributed by atoms with Gasteiger partial charge in [-0.25, -0.2) is 17.2 Å². The van der Waals surface area contributed by atoms with Gasteiger partial charge >= 0.3 is 12.1 Å². The van der Waals surface area contributed by atoms with E-state index >= 15 is 0 Å². The van der Waals surface area contributed by atoms with Gasteiger partial charge in [-0.2, -0.15) is 13.2 Å². The molecule has 2 N–H and O–H groups in total. The number of likely N-dealkylation sites (tertiary alicyclic amines) is 1. The molecule has 2 aliphatic carbocycles. The summed E-state index contributed by atoms with van der Waals surface area (Å²) in [5.41, 5.74) is -2.36. The van der Waals surface area contributed by atoms with Gasteiger partial charge in [-0.05, 0) is 55.5 Å². The van der Waals surface area contributed by atoms with Crippen molar-refractivity contribution in [2.45, 2.75) is 48.5 Å². The lowest BCUT2D eigenvalue weighted by atomic mass is 9.92. The minimum Gasteiger partial charge on any atom is -0.480 e. The Balaban J connectivity index is 1.41. The number of fused-ring (bicyclic) bond motifs is 1. The number of carboxylic acid groups (broad SMARTS) is 1. The van der Waals surface area contributed by atoms with Gasteiger partial charge in [0.25, 0.3) is 5.91 Å². The van der Waals surface area contributed by atoms with E-state index in [1.54, 1.807) is 0 Å². The zero-order chi connectivity index (χ0) is 29.9. The molecule has 216 valence electrons. The molecule has 1 saturated heterocycles. The number of alkyl halides is 3. The Morgan fingerprint density at radius 2 is 1.78 bits per heavy atom. The van der Waals surface area contributed by atoms with Gasteiger partial charge in [0, 0.05) is 11.1 Å². The molecule has 0 spiro atoms. The normalized spacial score (nSPS) is 22.2. The number of benzene rings is 2. The Hall–Kier alpha value is -3.99. The van der Waals surface area contributed by atoms with Crippen LogP contribution in [0.1, 0.15) is 46.8 Å². The van der Waals surface area contributed by atoms with E-state index in [2.05, 4.69) is 17.2 Å². The van der Waals surface area contributed by atoms with E-state index < -0.39 is 85.3 Å². The van der Waals surface area contributed by atoms with Crippen LogP contribution in [-0.2, 0) is 25.6 Å². The highest BCUT2D eigenvalue weighted by atomic mass is 32.2. The third-order valence-corrected chi connectivity index (χ3v) is 8.92. The number of nitrogens with one attached hydrogen (secondary N) is 1. The second kappa shape index (κ2) is 10.1. The Labute approximate surface area is 230 Å². The monoisotopic (exact) mass is 596 g/mol. The second-order valence-electron chi connectivity index (χ2n) is 10.2. The fraction of sp³-hybridized carbons (Fsp3) is 0.370. The summed E-state index contributed by atoms with van der Waals surface area (Å²) in [7, 11) is -4.26. The van der Waals surface area contributed by atoms with E-state index in [9.17, 15) is 44.8 Å². The van der Waals surface area contributed by atoms with Crippen LogP contribution in [0.5, 0.6) is 0 Å². The Morgan fingerprint density at radius 3 is 2.37 bits per heavy atom. The first kappa shape index (κ1) is 28.5. The summed E-state index contributed by atoms with van der Waals surface area (Å²) in [5, 5.41) is 11.5. The number of hydrogen-bond acceptors (Lipinski definition) is 5. The summed E-state index contributed by atoms with van der Waals surface area (Å²) in [5.74, 6) is -2.43. The summed E-state index contributed by atoms with van der Waals surface area (Å²) in [6.07, 6.45) is -4.01. The average Bonchev–Trinajstić information content (AvgIpc) is 3.67. The smallest absolute Gasteiger partial charge is 0.419 e. The van der Waals surface area contributed by atoms with Crippen LogP contribution >= 0.6 is 0 Å². The molecule has 2 fully saturated rings. The number of amides is 2. The third-order valence-electron chi connectivity index (χ3n) is 7.32. The van der Waals surface area contributed by atoms with Crippen molar-refractivity contribution >= 4 is 27.6 Å². The van der Waals surface area contributed by atoms with Crippen LogP contribution in [0, 0.1) is 35.3 Å². The number of sulfone groups is 1. The number of hydrogen-bond donors (Lipinski definition) is 2. The number of carbonyl (C=O) groups excluding carboxylic acids is 2. The van der Waals surface area contributed by atoms with Gasteiger partial charge in [-0.15, -0.1) is 0 Å². The molecule has 2 aromatic carbocycles. The number of carboxylic acids is 1. The topological polar surface area (TPSA) is 121 Å². The highest BCUT2D eigenvalue weighted by Crippen LogP contribution is 2.44. The Kier molecular flexibility index (Phi) is 7.05. The zero-order valence-electron chi connectivity index (χ0n) is 20.9. The largest absolute Gasteiger partial charge is 0.480 e. The first-order chi connectivity index (χ1) is 19.2. The molecule has 0 aromatic heterocycles. The number of halogens is 5. The second-order valence-corrected chi connectivity index (χ2v) is 12.1. The molecule has 1 saturated carbocycles. The van der Waals surface area contributed by atoms with Crippen LogP contribution in [0.2, 0.25) is 0 Å². The van der Waals surface area contributed by atoms with Crippen LogP contribution < -0.4 is 5.32 Å². The van der Waals surface area contributed by atoms with Crippen molar-refractivity contribution in [2.24, 2.45) is 11.8 Å². The molecule has 14 heteroatoms. The van der Waals surface area contributed by atoms with E-state index in [4.69, 9.17) is 5.11 Å². The molecule has 2 amide bonds. The quantitative estimate of drug-likeness (QED) is 0.357. The fourth-order valence-corrected chi connectivity index (χ4v) is 6.22. The maximum Gasteiger partial charge on any atom is 0.419 e. The number of aliphatic carboxylic acids is 1. The molecule has 3 aliphatic rings. The molecule has 1 aliphatic heterocycles. The zero-order valence-corrected chi connectivity index (χ0v) is 21.7. The van der Waals surface area contributed by atoms with Crippen molar-refractivity contribution in [3.63, 3.8) is 0 Å². The van der Waals surface area contributed by atoms with Crippen molar-refractivity contribution in [1.29, 1.82) is 0 Å². The maximum atomic E-state index is 14.8. The standard InChI is InChI=1S/C27H21F5N2O6S/c28-19-11-18(27(30,31)32)20(29)10-17(19)24(13-4-5-13)33-25(37)22-9-14-6-7-21(14)34(22)26(38)15-2-1-3-16(8-15)41(39,40)12-23(35)36/h1-3,8,10-11,13-14,21-22,24H,4-5,9,12H2,(H,33,37)(H,35,36)/t14-,21-,22-,24-/m1/s1. The highest BCUT2D eigenvalue weighted by Gasteiger charge is 2.50. The molecule has 8 nitrogen and oxygen atoms in total. The average molecular weight is 597 g/mol. The van der Waals surface area contributed by atoms with Crippen molar-refractivity contribution in [3.05, 3.63) is 64.7 Å². The third kappa shape index (κ3) is 5.50. The molecular formula is C27H21F5N2O6S. The lowest BCUT2D eigenvalue weighted by molar-refractivity contribution is -0.140. The molecule has 41 heavy (non-hydrogen) atoms. The number of carbonyl (C=O) groups is 3.